The number of aromatic nitrogens is 3. The van der Waals surface area contributed by atoms with E-state index in [1.165, 1.54) is 0 Å². The molecule has 22 heavy (non-hydrogen) atoms. The molecule has 3 aromatic rings. The van der Waals surface area contributed by atoms with Crippen LogP contribution in [0.5, 0.6) is 0 Å². The Morgan fingerprint density at radius 2 is 2.32 bits per heavy atom. The van der Waals surface area contributed by atoms with Crippen LogP contribution < -0.4 is 5.32 Å². The van der Waals surface area contributed by atoms with Gasteiger partial charge in [0, 0.05) is 22.5 Å². The Labute approximate surface area is 144 Å². The van der Waals surface area contributed by atoms with Crippen molar-refractivity contribution in [2.24, 2.45) is 5.92 Å². The van der Waals surface area contributed by atoms with Gasteiger partial charge in [0.2, 0.25) is 0 Å². The Morgan fingerprint density at radius 1 is 1.45 bits per heavy atom. The number of H-pyrrole nitrogens is 1. The first kappa shape index (κ1) is 14.1. The molecule has 0 saturated heterocycles. The Balaban J connectivity index is 1.60. The van der Waals surface area contributed by atoms with Crippen LogP contribution in [-0.4, -0.2) is 21.1 Å². The van der Waals surface area contributed by atoms with E-state index in [9.17, 15) is 4.79 Å². The molecule has 4 rings (SSSR count). The number of hydrogen-bond acceptors (Lipinski definition) is 4. The van der Waals surface area contributed by atoms with Crippen molar-refractivity contribution in [3.63, 3.8) is 0 Å². The molecule has 0 aliphatic heterocycles. The molecule has 1 aliphatic carbocycles. The summed E-state index contributed by atoms with van der Waals surface area (Å²) in [5.74, 6) is 0.471. The van der Waals surface area contributed by atoms with Crippen molar-refractivity contribution in [2.75, 3.05) is 0 Å². The second kappa shape index (κ2) is 5.62. The van der Waals surface area contributed by atoms with E-state index in [-0.39, 0.29) is 11.9 Å². The number of carbonyl (C=O) groups excluding carboxylic acids is 1. The molecule has 2 N–H and O–H groups in total. The number of rotatable bonds is 4. The first-order chi connectivity index (χ1) is 10.7. The van der Waals surface area contributed by atoms with Crippen LogP contribution in [-0.2, 0) is 0 Å². The molecule has 0 bridgehead atoms. The molecule has 112 valence electrons. The normalized spacial score (nSPS) is 15.9. The summed E-state index contributed by atoms with van der Waals surface area (Å²) in [5.41, 5.74) is 1.54. The van der Waals surface area contributed by atoms with E-state index in [1.54, 1.807) is 17.5 Å². The maximum atomic E-state index is 12.6. The second-order valence-corrected chi connectivity index (χ2v) is 7.43. The Morgan fingerprint density at radius 3 is 3.05 bits per heavy atom. The summed E-state index contributed by atoms with van der Waals surface area (Å²) in [6.07, 6.45) is 4.10. The smallest absolute Gasteiger partial charge is 0.251 e. The number of aromatic amines is 1. The fourth-order valence-electron chi connectivity index (χ4n) is 2.54. The van der Waals surface area contributed by atoms with Crippen molar-refractivity contribution in [1.29, 1.82) is 0 Å². The highest BCUT2D eigenvalue weighted by Gasteiger charge is 2.35. The highest BCUT2D eigenvalue weighted by Crippen LogP contribution is 2.41. The van der Waals surface area contributed by atoms with Crippen molar-refractivity contribution in [2.45, 2.75) is 18.9 Å². The number of nitrogens with zero attached hydrogens (tertiary/aromatic N) is 2. The number of benzene rings is 1. The summed E-state index contributed by atoms with van der Waals surface area (Å²) in [5, 5.41) is 14.2. The maximum Gasteiger partial charge on any atom is 0.251 e. The Kier molecular flexibility index (Phi) is 3.61. The molecule has 1 unspecified atom stereocenters. The summed E-state index contributed by atoms with van der Waals surface area (Å²) in [7, 11) is 0. The number of thiazole rings is 1. The minimum Gasteiger partial charge on any atom is -0.343 e. The van der Waals surface area contributed by atoms with Crippen LogP contribution in [0.25, 0.3) is 10.9 Å². The molecule has 2 aromatic heterocycles. The lowest BCUT2D eigenvalue weighted by Gasteiger charge is -2.15. The van der Waals surface area contributed by atoms with Crippen molar-refractivity contribution in [3.05, 3.63) is 44.0 Å². The molecule has 1 aromatic carbocycles. The number of fused-ring (bicyclic) bond motifs is 1. The van der Waals surface area contributed by atoms with E-state index >= 15 is 0 Å². The fraction of sp³-hybridized carbons (Fsp3) is 0.267. The lowest BCUT2D eigenvalue weighted by molar-refractivity contribution is 0.0931. The molecule has 1 amide bonds. The molecule has 1 atom stereocenters. The average molecular weight is 424 g/mol. The fourth-order valence-corrected chi connectivity index (χ4v) is 3.88. The number of nitrogens with one attached hydrogen (secondary N) is 2. The third-order valence-corrected chi connectivity index (χ3v) is 5.55. The van der Waals surface area contributed by atoms with Gasteiger partial charge < -0.3 is 5.32 Å². The van der Waals surface area contributed by atoms with Crippen molar-refractivity contribution >= 4 is 50.7 Å². The van der Waals surface area contributed by atoms with Gasteiger partial charge in [-0.1, -0.05) is 0 Å². The molecule has 1 aliphatic rings. The number of halogens is 1. The lowest BCUT2D eigenvalue weighted by atomic mass is 10.1. The molecular formula is C15H13IN4OS. The van der Waals surface area contributed by atoms with Crippen LogP contribution in [0.3, 0.4) is 0 Å². The maximum absolute atomic E-state index is 12.6. The van der Waals surface area contributed by atoms with E-state index in [2.05, 4.69) is 43.1 Å². The number of hydrogen-bond donors (Lipinski definition) is 2. The standard InChI is InChI=1S/C15H13IN4OS/c16-13-10-7-9(3-4-11(10)19-20-13)14(21)18-12(8-1-2-8)15-17-5-6-22-15/h3-8,12H,1-2H2,(H,18,21)(H,19,20). The molecule has 2 heterocycles. The topological polar surface area (TPSA) is 70.7 Å². The zero-order chi connectivity index (χ0) is 15.1. The van der Waals surface area contributed by atoms with Gasteiger partial charge in [0.15, 0.2) is 0 Å². The van der Waals surface area contributed by atoms with Crippen LogP contribution >= 0.6 is 33.9 Å². The van der Waals surface area contributed by atoms with Crippen LogP contribution in [0.15, 0.2) is 29.8 Å². The highest BCUT2D eigenvalue weighted by molar-refractivity contribution is 14.1. The van der Waals surface area contributed by atoms with Crippen LogP contribution in [0.2, 0.25) is 0 Å². The number of amides is 1. The Hall–Kier alpha value is -1.48. The van der Waals surface area contributed by atoms with Gasteiger partial charge in [-0.15, -0.1) is 11.3 Å². The predicted molar refractivity (Wildman–Crippen MR) is 93.9 cm³/mol. The molecule has 1 saturated carbocycles. The Bertz CT molecular complexity index is 825. The second-order valence-electron chi connectivity index (χ2n) is 5.43. The molecule has 5 nitrogen and oxygen atoms in total. The zero-order valence-electron chi connectivity index (χ0n) is 11.5. The molecular weight excluding hydrogens is 411 g/mol. The van der Waals surface area contributed by atoms with Gasteiger partial charge in [-0.25, -0.2) is 4.98 Å². The largest absolute Gasteiger partial charge is 0.343 e. The lowest BCUT2D eigenvalue weighted by Crippen LogP contribution is -2.29. The summed E-state index contributed by atoms with van der Waals surface area (Å²) < 4.78 is 0.945. The van der Waals surface area contributed by atoms with E-state index in [1.807, 2.05) is 23.6 Å². The zero-order valence-corrected chi connectivity index (χ0v) is 14.5. The summed E-state index contributed by atoms with van der Waals surface area (Å²) in [6, 6.07) is 5.62. The van der Waals surface area contributed by atoms with Gasteiger partial charge in [-0.2, -0.15) is 5.10 Å². The third-order valence-electron chi connectivity index (χ3n) is 3.87. The average Bonchev–Trinajstić information content (AvgIpc) is 3.09. The van der Waals surface area contributed by atoms with Crippen LogP contribution in [0.1, 0.15) is 34.2 Å². The quantitative estimate of drug-likeness (QED) is 0.630. The van der Waals surface area contributed by atoms with Gasteiger partial charge >= 0.3 is 0 Å². The number of carbonyl (C=O) groups is 1. The van der Waals surface area contributed by atoms with E-state index < -0.39 is 0 Å². The third kappa shape index (κ3) is 2.63. The molecule has 0 spiro atoms. The van der Waals surface area contributed by atoms with Gasteiger partial charge in [-0.05, 0) is 59.5 Å². The summed E-state index contributed by atoms with van der Waals surface area (Å²) >= 11 is 3.79. The van der Waals surface area contributed by atoms with Crippen LogP contribution in [0.4, 0.5) is 0 Å². The van der Waals surface area contributed by atoms with Crippen molar-refractivity contribution < 1.29 is 4.79 Å². The minimum atomic E-state index is -0.0500. The minimum absolute atomic E-state index is 0.0339. The van der Waals surface area contributed by atoms with E-state index in [0.717, 1.165) is 32.5 Å². The first-order valence-corrected chi connectivity index (χ1v) is 9.02. The van der Waals surface area contributed by atoms with Gasteiger partial charge in [0.25, 0.3) is 5.91 Å². The molecule has 0 radical (unpaired) electrons. The van der Waals surface area contributed by atoms with E-state index in [4.69, 9.17) is 0 Å². The van der Waals surface area contributed by atoms with Gasteiger partial charge in [-0.3, -0.25) is 9.89 Å². The summed E-state index contributed by atoms with van der Waals surface area (Å²) in [4.78, 5) is 17.0. The summed E-state index contributed by atoms with van der Waals surface area (Å²) in [6.45, 7) is 0. The van der Waals surface area contributed by atoms with Crippen molar-refractivity contribution in [3.8, 4) is 0 Å². The van der Waals surface area contributed by atoms with E-state index in [0.29, 0.717) is 11.5 Å². The van der Waals surface area contributed by atoms with Gasteiger partial charge in [0.05, 0.1) is 11.6 Å². The van der Waals surface area contributed by atoms with Crippen LogP contribution in [0, 0.1) is 9.62 Å². The highest BCUT2D eigenvalue weighted by atomic mass is 127. The monoisotopic (exact) mass is 424 g/mol. The van der Waals surface area contributed by atoms with Crippen molar-refractivity contribution in [1.82, 2.24) is 20.5 Å². The predicted octanol–water partition coefficient (Wildman–Crippen LogP) is 3.51. The molecule has 7 heteroatoms. The SMILES string of the molecule is O=C(NC(c1nccs1)C1CC1)c1ccc2n[nH]c(I)c2c1. The van der Waals surface area contributed by atoms with Gasteiger partial charge in [0.1, 0.15) is 8.71 Å². The molecule has 1 fully saturated rings. The first-order valence-electron chi connectivity index (χ1n) is 7.06.